The van der Waals surface area contributed by atoms with Gasteiger partial charge < -0.3 is 15.2 Å². The van der Waals surface area contributed by atoms with Crippen LogP contribution in [0, 0.1) is 11.3 Å². The first-order valence-electron chi connectivity index (χ1n) is 6.78. The van der Waals surface area contributed by atoms with E-state index < -0.39 is 5.60 Å². The lowest BCUT2D eigenvalue weighted by Crippen LogP contribution is -2.43. The largest absolute Gasteiger partial charge is 0.444 e. The van der Waals surface area contributed by atoms with Gasteiger partial charge in [0.1, 0.15) is 5.60 Å². The first-order chi connectivity index (χ1) is 8.17. The van der Waals surface area contributed by atoms with E-state index in [1.807, 2.05) is 20.8 Å². The Morgan fingerprint density at radius 3 is 2.28 bits per heavy atom. The molecule has 0 heterocycles. The monoisotopic (exact) mass is 257 g/mol. The lowest BCUT2D eigenvalue weighted by Gasteiger charge is -2.28. The minimum atomic E-state index is -0.472. The van der Waals surface area contributed by atoms with E-state index in [4.69, 9.17) is 4.74 Å². The first kappa shape index (κ1) is 15.3. The topological polar surface area (TPSA) is 58.6 Å². The van der Waals surface area contributed by atoms with Crippen molar-refractivity contribution < 1.29 is 14.6 Å². The maximum atomic E-state index is 11.8. The molecule has 0 spiro atoms. The summed E-state index contributed by atoms with van der Waals surface area (Å²) in [5.74, 6) is 0.335. The van der Waals surface area contributed by atoms with Crippen molar-refractivity contribution in [2.24, 2.45) is 11.3 Å². The van der Waals surface area contributed by atoms with Gasteiger partial charge in [-0.05, 0) is 51.4 Å². The second-order valence-corrected chi connectivity index (χ2v) is 6.86. The fourth-order valence-corrected chi connectivity index (χ4v) is 1.98. The zero-order valence-electron chi connectivity index (χ0n) is 12.2. The summed E-state index contributed by atoms with van der Waals surface area (Å²) in [5, 5.41) is 12.3. The van der Waals surface area contributed by atoms with Gasteiger partial charge in [0.25, 0.3) is 0 Å². The number of rotatable bonds is 5. The van der Waals surface area contributed by atoms with Gasteiger partial charge in [-0.15, -0.1) is 0 Å². The summed E-state index contributed by atoms with van der Waals surface area (Å²) >= 11 is 0. The maximum absolute atomic E-state index is 11.8. The number of carbonyl (C=O) groups is 1. The fraction of sp³-hybridized carbons (Fsp3) is 0.929. The van der Waals surface area contributed by atoms with Crippen LogP contribution in [0.1, 0.15) is 53.9 Å². The Morgan fingerprint density at radius 2 is 1.94 bits per heavy atom. The molecule has 0 saturated heterocycles. The molecule has 4 nitrogen and oxygen atoms in total. The highest BCUT2D eigenvalue weighted by Gasteiger charge is 2.44. The van der Waals surface area contributed by atoms with Crippen LogP contribution < -0.4 is 5.32 Å². The van der Waals surface area contributed by atoms with Crippen molar-refractivity contribution in [3.63, 3.8) is 0 Å². The summed E-state index contributed by atoms with van der Waals surface area (Å²) in [6.07, 6.45) is 2.58. The molecule has 0 aromatic rings. The summed E-state index contributed by atoms with van der Waals surface area (Å²) < 4.78 is 5.27. The molecule has 1 unspecified atom stereocenters. The zero-order chi connectivity index (χ0) is 14.0. The minimum Gasteiger partial charge on any atom is -0.444 e. The molecule has 1 atom stereocenters. The van der Waals surface area contributed by atoms with Crippen molar-refractivity contribution in [3.05, 3.63) is 0 Å². The van der Waals surface area contributed by atoms with Gasteiger partial charge in [0.15, 0.2) is 0 Å². The average molecular weight is 257 g/mol. The smallest absolute Gasteiger partial charge is 0.407 e. The van der Waals surface area contributed by atoms with Gasteiger partial charge >= 0.3 is 6.09 Å². The lowest BCUT2D eigenvalue weighted by atomic mass is 9.91. The van der Waals surface area contributed by atoms with Gasteiger partial charge in [-0.1, -0.05) is 13.8 Å². The molecule has 0 radical (unpaired) electrons. The summed E-state index contributed by atoms with van der Waals surface area (Å²) in [4.78, 5) is 11.8. The number of alkyl carbamates (subject to hydrolysis) is 1. The summed E-state index contributed by atoms with van der Waals surface area (Å²) in [6.45, 7) is 9.93. The molecule has 1 aliphatic rings. The molecule has 1 aliphatic carbocycles. The average Bonchev–Trinajstić information content (AvgIpc) is 2.94. The summed E-state index contributed by atoms with van der Waals surface area (Å²) in [5.41, 5.74) is -0.427. The van der Waals surface area contributed by atoms with Gasteiger partial charge in [0.2, 0.25) is 0 Å². The van der Waals surface area contributed by atoms with Crippen molar-refractivity contribution in [1.29, 1.82) is 0 Å². The van der Waals surface area contributed by atoms with E-state index in [1.165, 1.54) is 0 Å². The molecule has 0 aromatic heterocycles. The van der Waals surface area contributed by atoms with Crippen LogP contribution in [0.3, 0.4) is 0 Å². The number of nitrogens with one attached hydrogen (secondary N) is 1. The Kier molecular flexibility index (Phi) is 4.65. The molecule has 1 amide bonds. The predicted octanol–water partition coefficient (Wildman–Crippen LogP) is 2.70. The van der Waals surface area contributed by atoms with Crippen molar-refractivity contribution in [2.75, 3.05) is 6.61 Å². The van der Waals surface area contributed by atoms with Crippen LogP contribution >= 0.6 is 0 Å². The minimum absolute atomic E-state index is 0.0456. The van der Waals surface area contributed by atoms with Crippen LogP contribution in [0.25, 0.3) is 0 Å². The van der Waals surface area contributed by atoms with Crippen molar-refractivity contribution in [3.8, 4) is 0 Å². The van der Waals surface area contributed by atoms with E-state index in [0.29, 0.717) is 5.92 Å². The normalized spacial score (nSPS) is 19.5. The Hall–Kier alpha value is -0.770. The molecule has 0 aliphatic heterocycles. The summed E-state index contributed by atoms with van der Waals surface area (Å²) in [6, 6.07) is 0.0644. The fourth-order valence-electron chi connectivity index (χ4n) is 1.98. The van der Waals surface area contributed by atoms with E-state index in [9.17, 15) is 9.90 Å². The Labute approximate surface area is 110 Å². The molecule has 18 heavy (non-hydrogen) atoms. The van der Waals surface area contributed by atoms with Gasteiger partial charge in [-0.2, -0.15) is 0 Å². The Bertz CT molecular complexity index is 290. The highest BCUT2D eigenvalue weighted by molar-refractivity contribution is 5.68. The van der Waals surface area contributed by atoms with Crippen LogP contribution in [-0.2, 0) is 4.74 Å². The molecular weight excluding hydrogens is 230 g/mol. The third-order valence-corrected chi connectivity index (χ3v) is 3.45. The quantitative estimate of drug-likeness (QED) is 0.796. The first-order valence-corrected chi connectivity index (χ1v) is 6.78. The number of aliphatic hydroxyl groups is 1. The molecule has 0 aromatic carbocycles. The van der Waals surface area contributed by atoms with E-state index in [1.54, 1.807) is 0 Å². The van der Waals surface area contributed by atoms with E-state index in [0.717, 1.165) is 19.3 Å². The number of ether oxygens (including phenoxy) is 1. The number of aliphatic hydroxyl groups excluding tert-OH is 1. The zero-order valence-corrected chi connectivity index (χ0v) is 12.2. The third kappa shape index (κ3) is 4.84. The van der Waals surface area contributed by atoms with Gasteiger partial charge in [-0.3, -0.25) is 0 Å². The highest BCUT2D eigenvalue weighted by atomic mass is 16.6. The van der Waals surface area contributed by atoms with Gasteiger partial charge in [0.05, 0.1) is 0 Å². The molecule has 1 fully saturated rings. The standard InChI is InChI=1S/C14H27NO3/c1-10(2)11(8-14(9-16)6-7-14)15-12(17)18-13(3,4)5/h10-11,16H,6-9H2,1-5H3,(H,15,17). The maximum Gasteiger partial charge on any atom is 0.407 e. The second kappa shape index (κ2) is 5.47. The van der Waals surface area contributed by atoms with E-state index in [-0.39, 0.29) is 24.2 Å². The van der Waals surface area contributed by atoms with Gasteiger partial charge in [0, 0.05) is 12.6 Å². The van der Waals surface area contributed by atoms with Crippen LogP contribution in [0.2, 0.25) is 0 Å². The molecule has 106 valence electrons. The SMILES string of the molecule is CC(C)C(CC1(CO)CC1)NC(=O)OC(C)(C)C. The van der Waals surface area contributed by atoms with Crippen molar-refractivity contribution in [1.82, 2.24) is 5.32 Å². The highest BCUT2D eigenvalue weighted by Crippen LogP contribution is 2.49. The number of amides is 1. The molecular formula is C14H27NO3. The van der Waals surface area contributed by atoms with Crippen LogP contribution in [0.5, 0.6) is 0 Å². The number of hydrogen-bond acceptors (Lipinski definition) is 3. The molecule has 0 bridgehead atoms. The van der Waals surface area contributed by atoms with Crippen LogP contribution in [-0.4, -0.2) is 29.4 Å². The predicted molar refractivity (Wildman–Crippen MR) is 71.4 cm³/mol. The molecule has 2 N–H and O–H groups in total. The number of hydrogen-bond donors (Lipinski definition) is 2. The van der Waals surface area contributed by atoms with Gasteiger partial charge in [-0.25, -0.2) is 4.79 Å². The van der Waals surface area contributed by atoms with E-state index in [2.05, 4.69) is 19.2 Å². The van der Waals surface area contributed by atoms with Crippen LogP contribution in [0.15, 0.2) is 0 Å². The summed E-state index contributed by atoms with van der Waals surface area (Å²) in [7, 11) is 0. The number of carbonyl (C=O) groups excluding carboxylic acids is 1. The Morgan fingerprint density at radius 1 is 1.39 bits per heavy atom. The van der Waals surface area contributed by atoms with E-state index >= 15 is 0 Å². The van der Waals surface area contributed by atoms with Crippen molar-refractivity contribution in [2.45, 2.75) is 65.5 Å². The molecule has 1 rings (SSSR count). The Balaban J connectivity index is 2.50. The second-order valence-electron chi connectivity index (χ2n) is 6.86. The molecule has 1 saturated carbocycles. The molecule has 4 heteroatoms. The van der Waals surface area contributed by atoms with Crippen LogP contribution in [0.4, 0.5) is 4.79 Å². The lowest BCUT2D eigenvalue weighted by molar-refractivity contribution is 0.0471. The van der Waals surface area contributed by atoms with Crippen molar-refractivity contribution >= 4 is 6.09 Å². The third-order valence-electron chi connectivity index (χ3n) is 3.45.